The van der Waals surface area contributed by atoms with Gasteiger partial charge in [-0.3, -0.25) is 4.79 Å². The molecule has 0 aliphatic carbocycles. The van der Waals surface area contributed by atoms with Crippen LogP contribution in [0.4, 0.5) is 20.6 Å². The monoisotopic (exact) mass is 357 g/mol. The molecule has 6 heteroatoms. The van der Waals surface area contributed by atoms with Crippen LogP contribution in [0.3, 0.4) is 0 Å². The molecule has 3 N–H and O–H groups in total. The Labute approximate surface area is 153 Å². The fourth-order valence-corrected chi connectivity index (χ4v) is 2.30. The van der Waals surface area contributed by atoms with E-state index in [1.807, 2.05) is 32.9 Å². The Morgan fingerprint density at radius 3 is 2.54 bits per heavy atom. The van der Waals surface area contributed by atoms with Crippen molar-refractivity contribution < 1.29 is 14.0 Å². The minimum absolute atomic E-state index is 0.0839. The second-order valence-electron chi connectivity index (χ2n) is 6.43. The molecule has 0 atom stereocenters. The molecule has 0 saturated heterocycles. The molecule has 2 aromatic carbocycles. The largest absolute Gasteiger partial charge is 0.338 e. The standard InChI is InChI=1S/C20H24FN3O2/c1-13(2)19(25)23-17-8-7-14(3)18(12-17)24-20(26)22-10-9-15-5-4-6-16(21)11-15/h4-8,11-13H,9-10H2,1-3H3,(H,23,25)(H2,22,24,26). The zero-order valence-electron chi connectivity index (χ0n) is 15.2. The Kier molecular flexibility index (Phi) is 6.72. The molecule has 0 spiro atoms. The summed E-state index contributed by atoms with van der Waals surface area (Å²) in [6, 6.07) is 11.3. The molecule has 2 rings (SSSR count). The summed E-state index contributed by atoms with van der Waals surface area (Å²) in [5.74, 6) is -0.499. The van der Waals surface area contributed by atoms with Crippen LogP contribution >= 0.6 is 0 Å². The molecular weight excluding hydrogens is 333 g/mol. The van der Waals surface area contributed by atoms with Crippen LogP contribution < -0.4 is 16.0 Å². The minimum atomic E-state index is -0.350. The number of urea groups is 1. The minimum Gasteiger partial charge on any atom is -0.338 e. The summed E-state index contributed by atoms with van der Waals surface area (Å²) >= 11 is 0. The zero-order valence-corrected chi connectivity index (χ0v) is 15.2. The van der Waals surface area contributed by atoms with Gasteiger partial charge in [-0.25, -0.2) is 9.18 Å². The van der Waals surface area contributed by atoms with Gasteiger partial charge in [0.25, 0.3) is 0 Å². The van der Waals surface area contributed by atoms with E-state index in [2.05, 4.69) is 16.0 Å². The fourth-order valence-electron chi connectivity index (χ4n) is 2.30. The lowest BCUT2D eigenvalue weighted by molar-refractivity contribution is -0.118. The quantitative estimate of drug-likeness (QED) is 0.729. The molecule has 0 saturated carbocycles. The summed E-state index contributed by atoms with van der Waals surface area (Å²) in [4.78, 5) is 23.9. The molecule has 5 nitrogen and oxygen atoms in total. The maximum absolute atomic E-state index is 13.1. The van der Waals surface area contributed by atoms with Crippen molar-refractivity contribution in [2.24, 2.45) is 5.92 Å². The Hall–Kier alpha value is -2.89. The molecular formula is C20H24FN3O2. The third-order valence-electron chi connectivity index (χ3n) is 3.87. The number of carbonyl (C=O) groups is 2. The van der Waals surface area contributed by atoms with Gasteiger partial charge in [0.05, 0.1) is 0 Å². The average Bonchev–Trinajstić information content (AvgIpc) is 2.58. The number of carbonyl (C=O) groups excluding carboxylic acids is 2. The number of amides is 3. The SMILES string of the molecule is Cc1ccc(NC(=O)C(C)C)cc1NC(=O)NCCc1cccc(F)c1. The number of hydrogen-bond donors (Lipinski definition) is 3. The van der Waals surface area contributed by atoms with Gasteiger partial charge in [0.2, 0.25) is 5.91 Å². The first-order valence-corrected chi connectivity index (χ1v) is 8.56. The van der Waals surface area contributed by atoms with Crippen LogP contribution in [0.2, 0.25) is 0 Å². The van der Waals surface area contributed by atoms with Gasteiger partial charge in [-0.05, 0) is 48.7 Å². The number of anilines is 2. The van der Waals surface area contributed by atoms with Crippen LogP contribution in [0.25, 0.3) is 0 Å². The normalized spacial score (nSPS) is 10.5. The summed E-state index contributed by atoms with van der Waals surface area (Å²) in [6.07, 6.45) is 0.536. The molecule has 26 heavy (non-hydrogen) atoms. The van der Waals surface area contributed by atoms with Gasteiger partial charge in [0, 0.05) is 23.8 Å². The van der Waals surface area contributed by atoms with Crippen LogP contribution in [0.5, 0.6) is 0 Å². The van der Waals surface area contributed by atoms with Gasteiger partial charge in [-0.1, -0.05) is 32.0 Å². The van der Waals surface area contributed by atoms with E-state index in [0.29, 0.717) is 24.3 Å². The third-order valence-corrected chi connectivity index (χ3v) is 3.87. The molecule has 0 aliphatic rings. The van der Waals surface area contributed by atoms with Crippen molar-refractivity contribution >= 4 is 23.3 Å². The predicted octanol–water partition coefficient (Wildman–Crippen LogP) is 4.09. The summed E-state index contributed by atoms with van der Waals surface area (Å²) in [6.45, 7) is 5.89. The van der Waals surface area contributed by atoms with Gasteiger partial charge in [-0.2, -0.15) is 0 Å². The molecule has 0 fully saturated rings. The van der Waals surface area contributed by atoms with Crippen LogP contribution in [0, 0.1) is 18.7 Å². The number of nitrogens with one attached hydrogen (secondary N) is 3. The first kappa shape index (κ1) is 19.4. The molecule has 0 unspecified atom stereocenters. The number of halogens is 1. The lowest BCUT2D eigenvalue weighted by Gasteiger charge is -2.13. The van der Waals surface area contributed by atoms with Gasteiger partial charge in [0.1, 0.15) is 5.82 Å². The number of rotatable bonds is 6. The maximum Gasteiger partial charge on any atom is 0.319 e. The highest BCUT2D eigenvalue weighted by molar-refractivity contribution is 5.94. The molecule has 2 aromatic rings. The fraction of sp³-hybridized carbons (Fsp3) is 0.300. The average molecular weight is 357 g/mol. The van der Waals surface area contributed by atoms with Gasteiger partial charge < -0.3 is 16.0 Å². The summed E-state index contributed by atoms with van der Waals surface area (Å²) in [5.41, 5.74) is 2.95. The van der Waals surface area contributed by atoms with Crippen LogP contribution in [-0.2, 0) is 11.2 Å². The van der Waals surface area contributed by atoms with Gasteiger partial charge in [-0.15, -0.1) is 0 Å². The molecule has 0 aliphatic heterocycles. The lowest BCUT2D eigenvalue weighted by atomic mass is 10.1. The molecule has 0 aromatic heterocycles. The lowest BCUT2D eigenvalue weighted by Crippen LogP contribution is -2.30. The molecule has 0 radical (unpaired) electrons. The molecule has 138 valence electrons. The Bertz CT molecular complexity index is 790. The van der Waals surface area contributed by atoms with E-state index in [9.17, 15) is 14.0 Å². The van der Waals surface area contributed by atoms with E-state index >= 15 is 0 Å². The van der Waals surface area contributed by atoms with E-state index < -0.39 is 0 Å². The van der Waals surface area contributed by atoms with Crippen LogP contribution in [0.15, 0.2) is 42.5 Å². The topological polar surface area (TPSA) is 70.2 Å². The first-order valence-electron chi connectivity index (χ1n) is 8.56. The van der Waals surface area contributed by atoms with Gasteiger partial charge >= 0.3 is 6.03 Å². The van der Waals surface area contributed by atoms with Crippen molar-refractivity contribution in [1.82, 2.24) is 5.32 Å². The second-order valence-corrected chi connectivity index (χ2v) is 6.43. The highest BCUT2D eigenvalue weighted by atomic mass is 19.1. The smallest absolute Gasteiger partial charge is 0.319 e. The van der Waals surface area contributed by atoms with Crippen molar-refractivity contribution in [2.45, 2.75) is 27.2 Å². The molecule has 0 heterocycles. The molecule has 0 bridgehead atoms. The number of benzene rings is 2. The number of hydrogen-bond acceptors (Lipinski definition) is 2. The van der Waals surface area contributed by atoms with Crippen LogP contribution in [-0.4, -0.2) is 18.5 Å². The Morgan fingerprint density at radius 1 is 1.08 bits per heavy atom. The Balaban J connectivity index is 1.90. The van der Waals surface area contributed by atoms with E-state index in [4.69, 9.17) is 0 Å². The highest BCUT2D eigenvalue weighted by Crippen LogP contribution is 2.20. The Morgan fingerprint density at radius 2 is 1.85 bits per heavy atom. The van der Waals surface area contributed by atoms with E-state index in [1.165, 1.54) is 12.1 Å². The van der Waals surface area contributed by atoms with Crippen molar-refractivity contribution in [3.05, 3.63) is 59.4 Å². The van der Waals surface area contributed by atoms with E-state index in [1.54, 1.807) is 18.2 Å². The van der Waals surface area contributed by atoms with Crippen molar-refractivity contribution in [3.8, 4) is 0 Å². The highest BCUT2D eigenvalue weighted by Gasteiger charge is 2.10. The first-order chi connectivity index (χ1) is 12.3. The number of aryl methyl sites for hydroxylation is 1. The maximum atomic E-state index is 13.1. The summed E-state index contributed by atoms with van der Waals surface area (Å²) < 4.78 is 13.1. The van der Waals surface area contributed by atoms with E-state index in [-0.39, 0.29) is 23.7 Å². The van der Waals surface area contributed by atoms with E-state index in [0.717, 1.165) is 11.1 Å². The summed E-state index contributed by atoms with van der Waals surface area (Å²) in [5, 5.41) is 8.33. The predicted molar refractivity (Wildman–Crippen MR) is 102 cm³/mol. The van der Waals surface area contributed by atoms with Crippen LogP contribution in [0.1, 0.15) is 25.0 Å². The van der Waals surface area contributed by atoms with Crippen molar-refractivity contribution in [2.75, 3.05) is 17.2 Å². The third kappa shape index (κ3) is 5.88. The second kappa shape index (κ2) is 8.99. The van der Waals surface area contributed by atoms with Gasteiger partial charge in [0.15, 0.2) is 0 Å². The zero-order chi connectivity index (χ0) is 19.1. The molecule has 3 amide bonds. The summed E-state index contributed by atoms with van der Waals surface area (Å²) in [7, 11) is 0. The van der Waals surface area contributed by atoms with Crippen molar-refractivity contribution in [3.63, 3.8) is 0 Å². The van der Waals surface area contributed by atoms with Crippen molar-refractivity contribution in [1.29, 1.82) is 0 Å².